The molecule has 0 aliphatic carbocycles. The van der Waals surface area contributed by atoms with Gasteiger partial charge in [0, 0.05) is 0 Å². The van der Waals surface area contributed by atoms with E-state index in [1.54, 1.807) is 48.5 Å². The van der Waals surface area contributed by atoms with Gasteiger partial charge in [-0.05, 0) is 35.9 Å². The number of phenolic OH excluding ortho intramolecular Hbond substituents is 1. The number of para-hydroxylation sites is 1. The molecule has 0 saturated heterocycles. The standard InChI is InChI=1S/C16H11ClN2O2/c17-13(9-10-5-7-11(20)8-6-10)15-18-14-4-2-1-3-12(14)16(21)19-15/h1-9,20H,(H,18,19,21). The van der Waals surface area contributed by atoms with Gasteiger partial charge in [0.15, 0.2) is 5.82 Å². The summed E-state index contributed by atoms with van der Waals surface area (Å²) in [7, 11) is 0. The van der Waals surface area contributed by atoms with Gasteiger partial charge in [-0.1, -0.05) is 35.9 Å². The van der Waals surface area contributed by atoms with Crippen LogP contribution in [-0.2, 0) is 0 Å². The van der Waals surface area contributed by atoms with Crippen molar-refractivity contribution in [2.24, 2.45) is 0 Å². The second-order valence-electron chi connectivity index (χ2n) is 4.52. The minimum Gasteiger partial charge on any atom is -0.508 e. The van der Waals surface area contributed by atoms with Crippen molar-refractivity contribution in [1.29, 1.82) is 0 Å². The summed E-state index contributed by atoms with van der Waals surface area (Å²) >= 11 is 6.22. The van der Waals surface area contributed by atoms with Crippen LogP contribution in [0, 0.1) is 0 Å². The lowest BCUT2D eigenvalue weighted by Gasteiger charge is -2.02. The lowest BCUT2D eigenvalue weighted by Crippen LogP contribution is -2.10. The van der Waals surface area contributed by atoms with Crippen LogP contribution >= 0.6 is 11.6 Å². The summed E-state index contributed by atoms with van der Waals surface area (Å²) < 4.78 is 0. The number of nitrogens with one attached hydrogen (secondary N) is 1. The molecule has 1 aromatic heterocycles. The number of nitrogens with zero attached hydrogens (tertiary/aromatic N) is 1. The summed E-state index contributed by atoms with van der Waals surface area (Å²) in [6.45, 7) is 0. The fourth-order valence-corrected chi connectivity index (χ4v) is 2.20. The number of H-pyrrole nitrogens is 1. The summed E-state index contributed by atoms with van der Waals surface area (Å²) in [5, 5.41) is 10.1. The Morgan fingerprint density at radius 3 is 2.62 bits per heavy atom. The van der Waals surface area contributed by atoms with Crippen LogP contribution in [0.3, 0.4) is 0 Å². The van der Waals surface area contributed by atoms with Gasteiger partial charge in [-0.2, -0.15) is 0 Å². The van der Waals surface area contributed by atoms with Gasteiger partial charge in [-0.3, -0.25) is 4.79 Å². The molecule has 104 valence electrons. The Kier molecular flexibility index (Phi) is 3.46. The van der Waals surface area contributed by atoms with Crippen molar-refractivity contribution < 1.29 is 5.11 Å². The monoisotopic (exact) mass is 298 g/mol. The van der Waals surface area contributed by atoms with Crippen LogP contribution in [0.5, 0.6) is 5.75 Å². The molecule has 21 heavy (non-hydrogen) atoms. The van der Waals surface area contributed by atoms with Gasteiger partial charge in [0.1, 0.15) is 5.75 Å². The van der Waals surface area contributed by atoms with Gasteiger partial charge in [-0.25, -0.2) is 4.98 Å². The van der Waals surface area contributed by atoms with E-state index in [0.29, 0.717) is 21.8 Å². The van der Waals surface area contributed by atoms with E-state index in [1.807, 2.05) is 6.07 Å². The predicted octanol–water partition coefficient (Wildman–Crippen LogP) is 3.37. The zero-order valence-electron chi connectivity index (χ0n) is 10.9. The quantitative estimate of drug-likeness (QED) is 0.762. The molecule has 0 unspecified atom stereocenters. The molecule has 0 aliphatic heterocycles. The van der Waals surface area contributed by atoms with E-state index in [9.17, 15) is 9.90 Å². The molecule has 2 aromatic carbocycles. The topological polar surface area (TPSA) is 66.0 Å². The zero-order valence-corrected chi connectivity index (χ0v) is 11.6. The zero-order chi connectivity index (χ0) is 14.8. The first kappa shape index (κ1) is 13.4. The maximum Gasteiger partial charge on any atom is 0.259 e. The van der Waals surface area contributed by atoms with Gasteiger partial charge < -0.3 is 10.1 Å². The molecule has 3 aromatic rings. The number of rotatable bonds is 2. The molecule has 0 amide bonds. The number of aromatic nitrogens is 2. The van der Waals surface area contributed by atoms with Crippen molar-refractivity contribution in [2.75, 3.05) is 0 Å². The van der Waals surface area contributed by atoms with Gasteiger partial charge >= 0.3 is 0 Å². The second-order valence-corrected chi connectivity index (χ2v) is 4.92. The molecule has 4 nitrogen and oxygen atoms in total. The first-order chi connectivity index (χ1) is 10.1. The molecule has 3 rings (SSSR count). The van der Waals surface area contributed by atoms with Crippen molar-refractivity contribution in [3.63, 3.8) is 0 Å². The molecule has 0 saturated carbocycles. The van der Waals surface area contributed by atoms with Gasteiger partial charge in [0.05, 0.1) is 15.9 Å². The maximum atomic E-state index is 12.0. The van der Waals surface area contributed by atoms with Crippen LogP contribution < -0.4 is 5.56 Å². The van der Waals surface area contributed by atoms with Crippen molar-refractivity contribution in [1.82, 2.24) is 9.97 Å². The number of fused-ring (bicyclic) bond motifs is 1. The summed E-state index contributed by atoms with van der Waals surface area (Å²) in [6, 6.07) is 13.6. The Labute approximate surface area is 125 Å². The van der Waals surface area contributed by atoms with Crippen LogP contribution in [0.15, 0.2) is 53.3 Å². The molecular formula is C16H11ClN2O2. The van der Waals surface area contributed by atoms with E-state index in [0.717, 1.165) is 5.56 Å². The maximum absolute atomic E-state index is 12.0. The summed E-state index contributed by atoms with van der Waals surface area (Å²) in [4.78, 5) is 19.0. The molecule has 0 aliphatic rings. The van der Waals surface area contributed by atoms with Crippen LogP contribution in [0.25, 0.3) is 22.0 Å². The predicted molar refractivity (Wildman–Crippen MR) is 84.2 cm³/mol. The Bertz CT molecular complexity index is 883. The smallest absolute Gasteiger partial charge is 0.259 e. The second kappa shape index (κ2) is 5.42. The Morgan fingerprint density at radius 2 is 1.86 bits per heavy atom. The normalized spacial score (nSPS) is 11.8. The summed E-state index contributed by atoms with van der Waals surface area (Å²) in [5.74, 6) is 0.494. The molecule has 0 bridgehead atoms. The molecular weight excluding hydrogens is 288 g/mol. The van der Waals surface area contributed by atoms with Crippen molar-refractivity contribution >= 4 is 33.6 Å². The summed E-state index contributed by atoms with van der Waals surface area (Å²) in [6.07, 6.45) is 1.67. The van der Waals surface area contributed by atoms with E-state index >= 15 is 0 Å². The third kappa shape index (κ3) is 2.80. The highest BCUT2D eigenvalue weighted by Crippen LogP contribution is 2.20. The Balaban J connectivity index is 2.07. The van der Waals surface area contributed by atoms with Crippen LogP contribution in [0.4, 0.5) is 0 Å². The highest BCUT2D eigenvalue weighted by atomic mass is 35.5. The Hall–Kier alpha value is -2.59. The molecule has 1 heterocycles. The van der Waals surface area contributed by atoms with E-state index in [4.69, 9.17) is 11.6 Å². The average Bonchev–Trinajstić information content (AvgIpc) is 2.49. The molecule has 0 fully saturated rings. The number of aromatic amines is 1. The highest BCUT2D eigenvalue weighted by Gasteiger charge is 2.06. The molecule has 0 radical (unpaired) electrons. The SMILES string of the molecule is O=c1[nH]c(C(Cl)=Cc2ccc(O)cc2)nc2ccccc12. The first-order valence-electron chi connectivity index (χ1n) is 6.29. The minimum atomic E-state index is -0.229. The van der Waals surface area contributed by atoms with Gasteiger partial charge in [0.25, 0.3) is 5.56 Å². The van der Waals surface area contributed by atoms with Crippen molar-refractivity contribution in [2.45, 2.75) is 0 Å². The average molecular weight is 299 g/mol. The highest BCUT2D eigenvalue weighted by molar-refractivity contribution is 6.50. The number of phenols is 1. The van der Waals surface area contributed by atoms with Crippen molar-refractivity contribution in [3.05, 3.63) is 70.3 Å². The van der Waals surface area contributed by atoms with Crippen molar-refractivity contribution in [3.8, 4) is 5.75 Å². The molecule has 0 atom stereocenters. The van der Waals surface area contributed by atoms with E-state index < -0.39 is 0 Å². The van der Waals surface area contributed by atoms with E-state index in [-0.39, 0.29) is 11.3 Å². The summed E-state index contributed by atoms with van der Waals surface area (Å²) in [5.41, 5.74) is 1.16. The fourth-order valence-electron chi connectivity index (χ4n) is 1.98. The lowest BCUT2D eigenvalue weighted by atomic mass is 10.2. The Morgan fingerprint density at radius 1 is 1.14 bits per heavy atom. The fraction of sp³-hybridized carbons (Fsp3) is 0. The largest absolute Gasteiger partial charge is 0.508 e. The minimum absolute atomic E-state index is 0.181. The molecule has 5 heteroatoms. The number of benzene rings is 2. The third-order valence-corrected chi connectivity index (χ3v) is 3.31. The van der Waals surface area contributed by atoms with Gasteiger partial charge in [-0.15, -0.1) is 0 Å². The number of aromatic hydroxyl groups is 1. The van der Waals surface area contributed by atoms with E-state index in [1.165, 1.54) is 0 Å². The van der Waals surface area contributed by atoms with Crippen LogP contribution in [0.2, 0.25) is 0 Å². The van der Waals surface area contributed by atoms with Gasteiger partial charge in [0.2, 0.25) is 0 Å². The number of halogens is 1. The van der Waals surface area contributed by atoms with Crippen LogP contribution in [-0.4, -0.2) is 15.1 Å². The van der Waals surface area contributed by atoms with E-state index in [2.05, 4.69) is 9.97 Å². The number of hydrogen-bond donors (Lipinski definition) is 2. The number of hydrogen-bond acceptors (Lipinski definition) is 3. The third-order valence-electron chi connectivity index (χ3n) is 3.03. The molecule has 0 spiro atoms. The lowest BCUT2D eigenvalue weighted by molar-refractivity contribution is 0.475. The first-order valence-corrected chi connectivity index (χ1v) is 6.67. The van der Waals surface area contributed by atoms with Crippen LogP contribution in [0.1, 0.15) is 11.4 Å². The molecule has 2 N–H and O–H groups in total.